The van der Waals surface area contributed by atoms with E-state index in [1.165, 1.54) is 0 Å². The molecule has 0 aliphatic heterocycles. The third-order valence-electron chi connectivity index (χ3n) is 2.37. The fourth-order valence-corrected chi connectivity index (χ4v) is 2.44. The zero-order valence-corrected chi connectivity index (χ0v) is 11.5. The van der Waals surface area contributed by atoms with E-state index in [9.17, 15) is 0 Å². The summed E-state index contributed by atoms with van der Waals surface area (Å²) in [6.07, 6.45) is 0. The van der Waals surface area contributed by atoms with Crippen molar-refractivity contribution in [2.75, 3.05) is 5.73 Å². The van der Waals surface area contributed by atoms with E-state index in [-0.39, 0.29) is 0 Å². The molecule has 0 unspecified atom stereocenters. The first kappa shape index (κ1) is 12.8. The Morgan fingerprint density at radius 3 is 2.12 bits per heavy atom. The highest BCUT2D eigenvalue weighted by molar-refractivity contribution is 6.46. The number of benzene rings is 2. The molecule has 0 heterocycles. The lowest BCUT2D eigenvalue weighted by Gasteiger charge is -2.12. The largest absolute Gasteiger partial charge is 0.397 e. The molecule has 0 atom stereocenters. The van der Waals surface area contributed by atoms with Crippen LogP contribution in [-0.4, -0.2) is 0 Å². The average molecular weight is 307 g/mol. The first-order valence-electron chi connectivity index (χ1n) is 4.70. The van der Waals surface area contributed by atoms with E-state index in [2.05, 4.69) is 0 Å². The van der Waals surface area contributed by atoms with Crippen molar-refractivity contribution in [1.29, 1.82) is 0 Å². The second kappa shape index (κ2) is 4.95. The van der Waals surface area contributed by atoms with Gasteiger partial charge in [-0.05, 0) is 18.2 Å². The monoisotopic (exact) mass is 305 g/mol. The molecule has 2 aromatic rings. The van der Waals surface area contributed by atoms with Gasteiger partial charge in [0.15, 0.2) is 0 Å². The molecule has 0 aromatic heterocycles. The molecule has 2 aromatic carbocycles. The van der Waals surface area contributed by atoms with Crippen molar-refractivity contribution < 1.29 is 0 Å². The van der Waals surface area contributed by atoms with Crippen LogP contribution in [0.3, 0.4) is 0 Å². The van der Waals surface area contributed by atoms with Gasteiger partial charge in [-0.15, -0.1) is 0 Å². The van der Waals surface area contributed by atoms with Gasteiger partial charge in [-0.2, -0.15) is 0 Å². The first-order chi connectivity index (χ1) is 8.02. The maximum atomic E-state index is 6.14. The van der Waals surface area contributed by atoms with Crippen LogP contribution < -0.4 is 5.73 Å². The van der Waals surface area contributed by atoms with Gasteiger partial charge in [0.25, 0.3) is 0 Å². The zero-order chi connectivity index (χ0) is 12.6. The van der Waals surface area contributed by atoms with Crippen molar-refractivity contribution in [2.45, 2.75) is 0 Å². The standard InChI is InChI=1S/C12H7Cl4N/c13-7-4-5-8(14)11(16)10(7)6-2-1-3-9(15)12(6)17/h1-5H,17H2. The van der Waals surface area contributed by atoms with Crippen LogP contribution in [0.5, 0.6) is 0 Å². The summed E-state index contributed by atoms with van der Waals surface area (Å²) in [6, 6.07) is 8.58. The van der Waals surface area contributed by atoms with E-state index < -0.39 is 0 Å². The number of hydrogen-bond acceptors (Lipinski definition) is 1. The molecule has 0 radical (unpaired) electrons. The highest BCUT2D eigenvalue weighted by atomic mass is 35.5. The molecule has 0 bridgehead atoms. The number of nitrogen functional groups attached to an aromatic ring is 1. The number of para-hydroxylation sites is 1. The Bertz CT molecular complexity index is 581. The SMILES string of the molecule is Nc1c(Cl)cccc1-c1c(Cl)ccc(Cl)c1Cl. The molecule has 2 N–H and O–H groups in total. The van der Waals surface area contributed by atoms with Crippen molar-refractivity contribution in [3.63, 3.8) is 0 Å². The molecule has 0 fully saturated rings. The first-order valence-corrected chi connectivity index (χ1v) is 6.21. The molecule has 2 rings (SSSR count). The summed E-state index contributed by atoms with van der Waals surface area (Å²) >= 11 is 24.2. The van der Waals surface area contributed by atoms with Crippen molar-refractivity contribution in [3.8, 4) is 11.1 Å². The summed E-state index contributed by atoms with van der Waals surface area (Å²) in [6.45, 7) is 0. The molecule has 0 spiro atoms. The summed E-state index contributed by atoms with van der Waals surface area (Å²) in [7, 11) is 0. The van der Waals surface area contributed by atoms with E-state index in [0.29, 0.717) is 36.9 Å². The summed E-state index contributed by atoms with van der Waals surface area (Å²) in [5, 5.41) is 1.72. The minimum Gasteiger partial charge on any atom is -0.397 e. The molecule has 17 heavy (non-hydrogen) atoms. The number of anilines is 1. The number of nitrogens with two attached hydrogens (primary N) is 1. The topological polar surface area (TPSA) is 26.0 Å². The van der Waals surface area contributed by atoms with Gasteiger partial charge in [0.2, 0.25) is 0 Å². The van der Waals surface area contributed by atoms with Crippen LogP contribution in [0.2, 0.25) is 20.1 Å². The van der Waals surface area contributed by atoms with Crippen LogP contribution in [0.1, 0.15) is 0 Å². The highest BCUT2D eigenvalue weighted by Crippen LogP contribution is 2.42. The van der Waals surface area contributed by atoms with Crippen LogP contribution in [0, 0.1) is 0 Å². The van der Waals surface area contributed by atoms with Gasteiger partial charge in [0.05, 0.1) is 25.8 Å². The highest BCUT2D eigenvalue weighted by Gasteiger charge is 2.15. The Balaban J connectivity index is 2.77. The molecule has 88 valence electrons. The second-order valence-electron chi connectivity index (χ2n) is 3.42. The Morgan fingerprint density at radius 1 is 0.765 bits per heavy atom. The quantitative estimate of drug-likeness (QED) is 0.542. The van der Waals surface area contributed by atoms with Crippen LogP contribution >= 0.6 is 46.4 Å². The van der Waals surface area contributed by atoms with Crippen LogP contribution in [-0.2, 0) is 0 Å². The Kier molecular flexibility index (Phi) is 3.74. The van der Waals surface area contributed by atoms with Gasteiger partial charge < -0.3 is 5.73 Å². The molecule has 0 aliphatic carbocycles. The van der Waals surface area contributed by atoms with Crippen LogP contribution in [0.25, 0.3) is 11.1 Å². The maximum Gasteiger partial charge on any atom is 0.0686 e. The van der Waals surface area contributed by atoms with Crippen molar-refractivity contribution in [1.82, 2.24) is 0 Å². The zero-order valence-electron chi connectivity index (χ0n) is 8.48. The van der Waals surface area contributed by atoms with Crippen LogP contribution in [0.15, 0.2) is 30.3 Å². The van der Waals surface area contributed by atoms with E-state index >= 15 is 0 Å². The predicted molar refractivity (Wildman–Crippen MR) is 76.3 cm³/mol. The third kappa shape index (κ3) is 2.34. The van der Waals surface area contributed by atoms with Gasteiger partial charge in [0.1, 0.15) is 0 Å². The maximum absolute atomic E-state index is 6.14. The molecular formula is C12H7Cl4N. The number of hydrogen-bond donors (Lipinski definition) is 1. The molecule has 1 nitrogen and oxygen atoms in total. The lowest BCUT2D eigenvalue weighted by molar-refractivity contribution is 1.60. The fourth-order valence-electron chi connectivity index (χ4n) is 1.53. The lowest BCUT2D eigenvalue weighted by atomic mass is 10.0. The van der Waals surface area contributed by atoms with Gasteiger partial charge >= 0.3 is 0 Å². The smallest absolute Gasteiger partial charge is 0.0686 e. The number of halogens is 4. The summed E-state index contributed by atoms with van der Waals surface area (Å²) in [5.41, 5.74) is 7.61. The average Bonchev–Trinajstić information content (AvgIpc) is 2.30. The Labute approximate surface area is 119 Å². The molecule has 5 heteroatoms. The number of rotatable bonds is 1. The minimum atomic E-state index is 0.369. The van der Waals surface area contributed by atoms with E-state index in [0.717, 1.165) is 0 Å². The Morgan fingerprint density at radius 2 is 1.41 bits per heavy atom. The second-order valence-corrected chi connectivity index (χ2v) is 5.02. The van der Waals surface area contributed by atoms with E-state index in [1.807, 2.05) is 0 Å². The van der Waals surface area contributed by atoms with E-state index in [4.69, 9.17) is 52.1 Å². The normalized spacial score (nSPS) is 10.6. The summed E-state index contributed by atoms with van der Waals surface area (Å²) in [5.74, 6) is 0. The van der Waals surface area contributed by atoms with Crippen molar-refractivity contribution in [2.24, 2.45) is 0 Å². The fraction of sp³-hybridized carbons (Fsp3) is 0. The van der Waals surface area contributed by atoms with E-state index in [1.54, 1.807) is 30.3 Å². The third-order valence-corrected chi connectivity index (χ3v) is 3.82. The lowest BCUT2D eigenvalue weighted by Crippen LogP contribution is -1.92. The van der Waals surface area contributed by atoms with Crippen molar-refractivity contribution in [3.05, 3.63) is 50.4 Å². The molecule has 0 aliphatic rings. The van der Waals surface area contributed by atoms with Gasteiger partial charge in [-0.25, -0.2) is 0 Å². The summed E-state index contributed by atoms with van der Waals surface area (Å²) < 4.78 is 0. The molecule has 0 saturated heterocycles. The van der Waals surface area contributed by atoms with Gasteiger partial charge in [-0.3, -0.25) is 0 Å². The predicted octanol–water partition coefficient (Wildman–Crippen LogP) is 5.55. The van der Waals surface area contributed by atoms with Gasteiger partial charge in [-0.1, -0.05) is 58.5 Å². The molecular weight excluding hydrogens is 300 g/mol. The molecule has 0 saturated carbocycles. The minimum absolute atomic E-state index is 0.369. The van der Waals surface area contributed by atoms with Crippen molar-refractivity contribution >= 4 is 52.1 Å². The van der Waals surface area contributed by atoms with Gasteiger partial charge in [0, 0.05) is 11.1 Å². The van der Waals surface area contributed by atoms with Crippen LogP contribution in [0.4, 0.5) is 5.69 Å². The summed E-state index contributed by atoms with van der Waals surface area (Å²) in [4.78, 5) is 0. The Hall–Kier alpha value is -0.600. The molecule has 0 amide bonds.